The lowest BCUT2D eigenvalue weighted by atomic mass is 9.82. The molecule has 1 aliphatic carbocycles. The molecule has 1 aromatic carbocycles. The fourth-order valence-corrected chi connectivity index (χ4v) is 2.59. The number of benzene rings is 1. The van der Waals surface area contributed by atoms with Crippen LogP contribution >= 0.6 is 12.4 Å². The number of methoxy groups -OCH3 is 1. The molecule has 0 saturated heterocycles. The van der Waals surface area contributed by atoms with Crippen LogP contribution < -0.4 is 15.8 Å². The van der Waals surface area contributed by atoms with Gasteiger partial charge < -0.3 is 15.8 Å². The number of hydrogen-bond donors (Lipinski definition) is 2. The fourth-order valence-electron chi connectivity index (χ4n) is 2.59. The van der Waals surface area contributed by atoms with Gasteiger partial charge >= 0.3 is 0 Å². The number of hydrogen-bond acceptors (Lipinski definition) is 3. The Labute approximate surface area is 130 Å². The molecule has 6 heteroatoms. The molecule has 0 aliphatic heterocycles. The van der Waals surface area contributed by atoms with Crippen molar-refractivity contribution in [2.24, 2.45) is 5.73 Å². The lowest BCUT2D eigenvalue weighted by Gasteiger charge is -2.33. The van der Waals surface area contributed by atoms with Crippen molar-refractivity contribution in [2.45, 2.75) is 37.6 Å². The maximum absolute atomic E-state index is 13.3. The highest BCUT2D eigenvalue weighted by Gasteiger charge is 2.27. The van der Waals surface area contributed by atoms with Gasteiger partial charge in [0.25, 0.3) is 5.91 Å². The minimum absolute atomic E-state index is 0. The van der Waals surface area contributed by atoms with Crippen molar-refractivity contribution in [2.75, 3.05) is 13.7 Å². The molecule has 1 saturated carbocycles. The van der Waals surface area contributed by atoms with Gasteiger partial charge in [0.1, 0.15) is 0 Å². The lowest BCUT2D eigenvalue weighted by Crippen LogP contribution is -2.51. The van der Waals surface area contributed by atoms with Crippen LogP contribution in [-0.4, -0.2) is 25.1 Å². The van der Waals surface area contributed by atoms with Crippen LogP contribution in [0.2, 0.25) is 0 Å². The number of nitrogens with two attached hydrogens (primary N) is 1. The minimum Gasteiger partial charge on any atom is -0.494 e. The second kappa shape index (κ2) is 7.61. The van der Waals surface area contributed by atoms with Gasteiger partial charge in [-0.1, -0.05) is 19.3 Å². The molecule has 1 fully saturated rings. The molecule has 0 spiro atoms. The quantitative estimate of drug-likeness (QED) is 0.897. The van der Waals surface area contributed by atoms with Crippen LogP contribution in [0.15, 0.2) is 18.2 Å². The van der Waals surface area contributed by atoms with Gasteiger partial charge in [-0.25, -0.2) is 4.39 Å². The lowest BCUT2D eigenvalue weighted by molar-refractivity contribution is 0.0937. The van der Waals surface area contributed by atoms with E-state index in [0.717, 1.165) is 25.7 Å². The Morgan fingerprint density at radius 2 is 2.05 bits per heavy atom. The number of carbonyl (C=O) groups excluding carboxylic acids is 1. The summed E-state index contributed by atoms with van der Waals surface area (Å²) in [6.45, 7) is 0.450. The summed E-state index contributed by atoms with van der Waals surface area (Å²) in [5, 5.41) is 2.84. The summed E-state index contributed by atoms with van der Waals surface area (Å²) in [7, 11) is 1.37. The topological polar surface area (TPSA) is 64.3 Å². The Bertz CT molecular complexity index is 491. The molecule has 2 rings (SSSR count). The van der Waals surface area contributed by atoms with E-state index in [0.29, 0.717) is 12.1 Å². The SMILES string of the molecule is COc1cc(C(=O)NCC2(N)CCCCC2)ccc1F.Cl. The zero-order chi connectivity index (χ0) is 14.6. The predicted octanol–water partition coefficient (Wildman–Crippen LogP) is 2.65. The number of rotatable bonds is 4. The highest BCUT2D eigenvalue weighted by atomic mass is 35.5. The van der Waals surface area contributed by atoms with Gasteiger partial charge in [0, 0.05) is 17.6 Å². The molecule has 0 unspecified atom stereocenters. The maximum atomic E-state index is 13.3. The molecule has 0 atom stereocenters. The maximum Gasteiger partial charge on any atom is 0.251 e. The first kappa shape index (κ1) is 17.7. The van der Waals surface area contributed by atoms with Crippen LogP contribution in [0.3, 0.4) is 0 Å². The van der Waals surface area contributed by atoms with Crippen LogP contribution in [0.25, 0.3) is 0 Å². The number of halogens is 2. The average molecular weight is 317 g/mol. The molecule has 0 radical (unpaired) electrons. The van der Waals surface area contributed by atoms with Gasteiger partial charge in [-0.05, 0) is 31.0 Å². The zero-order valence-electron chi connectivity index (χ0n) is 12.2. The third-order valence-electron chi connectivity index (χ3n) is 3.86. The molecule has 0 bridgehead atoms. The number of carbonyl (C=O) groups is 1. The van der Waals surface area contributed by atoms with Crippen molar-refractivity contribution in [3.63, 3.8) is 0 Å². The Morgan fingerprint density at radius 1 is 1.38 bits per heavy atom. The van der Waals surface area contributed by atoms with Crippen molar-refractivity contribution in [3.8, 4) is 5.75 Å². The summed E-state index contributed by atoms with van der Waals surface area (Å²) in [5.74, 6) is -0.664. The van der Waals surface area contributed by atoms with E-state index in [-0.39, 0.29) is 29.6 Å². The third kappa shape index (κ3) is 4.58. The first-order valence-corrected chi connectivity index (χ1v) is 6.95. The van der Waals surface area contributed by atoms with Crippen molar-refractivity contribution in [1.82, 2.24) is 5.32 Å². The van der Waals surface area contributed by atoms with E-state index in [4.69, 9.17) is 10.5 Å². The van der Waals surface area contributed by atoms with Crippen molar-refractivity contribution >= 4 is 18.3 Å². The summed E-state index contributed by atoms with van der Waals surface area (Å²) in [4.78, 5) is 12.1. The van der Waals surface area contributed by atoms with Gasteiger partial charge in [0.05, 0.1) is 7.11 Å². The highest BCUT2D eigenvalue weighted by Crippen LogP contribution is 2.25. The van der Waals surface area contributed by atoms with Gasteiger partial charge in [-0.3, -0.25) is 4.79 Å². The molecule has 1 aliphatic rings. The minimum atomic E-state index is -0.480. The third-order valence-corrected chi connectivity index (χ3v) is 3.86. The number of ether oxygens (including phenoxy) is 1. The fraction of sp³-hybridized carbons (Fsp3) is 0.533. The van der Waals surface area contributed by atoms with E-state index in [2.05, 4.69) is 5.32 Å². The van der Waals surface area contributed by atoms with Crippen molar-refractivity contribution in [1.29, 1.82) is 0 Å². The second-order valence-electron chi connectivity index (χ2n) is 5.46. The van der Waals surface area contributed by atoms with E-state index >= 15 is 0 Å². The molecular formula is C15H22ClFN2O2. The Kier molecular flexibility index (Phi) is 6.42. The normalized spacial score (nSPS) is 16.7. The first-order chi connectivity index (χ1) is 9.54. The van der Waals surface area contributed by atoms with E-state index in [1.54, 1.807) is 0 Å². The van der Waals surface area contributed by atoms with E-state index in [1.807, 2.05) is 0 Å². The molecular weight excluding hydrogens is 295 g/mol. The van der Waals surface area contributed by atoms with Crippen LogP contribution in [0.4, 0.5) is 4.39 Å². The molecule has 4 nitrogen and oxygen atoms in total. The van der Waals surface area contributed by atoms with Gasteiger partial charge in [0.2, 0.25) is 0 Å². The van der Waals surface area contributed by atoms with Crippen molar-refractivity contribution < 1.29 is 13.9 Å². The zero-order valence-corrected chi connectivity index (χ0v) is 13.0. The molecule has 21 heavy (non-hydrogen) atoms. The summed E-state index contributed by atoms with van der Waals surface area (Å²) in [6.07, 6.45) is 5.29. The molecule has 0 heterocycles. The molecule has 3 N–H and O–H groups in total. The van der Waals surface area contributed by atoms with Gasteiger partial charge in [0.15, 0.2) is 11.6 Å². The average Bonchev–Trinajstić information content (AvgIpc) is 2.46. The summed E-state index contributed by atoms with van der Waals surface area (Å²) in [5.41, 5.74) is 6.34. The number of nitrogens with one attached hydrogen (secondary N) is 1. The molecule has 1 amide bonds. The van der Waals surface area contributed by atoms with E-state index in [9.17, 15) is 9.18 Å². The van der Waals surface area contributed by atoms with Crippen molar-refractivity contribution in [3.05, 3.63) is 29.6 Å². The largest absolute Gasteiger partial charge is 0.494 e. The van der Waals surface area contributed by atoms with Crippen LogP contribution in [0, 0.1) is 5.82 Å². The van der Waals surface area contributed by atoms with Gasteiger partial charge in [-0.15, -0.1) is 12.4 Å². The van der Waals surface area contributed by atoms with Crippen LogP contribution in [0.1, 0.15) is 42.5 Å². The predicted molar refractivity (Wildman–Crippen MR) is 82.5 cm³/mol. The molecule has 1 aromatic rings. The molecule has 0 aromatic heterocycles. The standard InChI is InChI=1S/C15H21FN2O2.ClH/c1-20-13-9-11(5-6-12(13)16)14(19)18-10-15(17)7-3-2-4-8-15;/h5-6,9H,2-4,7-8,10,17H2,1H3,(H,18,19);1H. The summed E-state index contributed by atoms with van der Waals surface area (Å²) in [6, 6.07) is 4.07. The smallest absolute Gasteiger partial charge is 0.251 e. The van der Waals surface area contributed by atoms with Crippen LogP contribution in [-0.2, 0) is 0 Å². The highest BCUT2D eigenvalue weighted by molar-refractivity contribution is 5.94. The van der Waals surface area contributed by atoms with Gasteiger partial charge in [-0.2, -0.15) is 0 Å². The second-order valence-corrected chi connectivity index (χ2v) is 5.46. The molecule has 118 valence electrons. The van der Waals surface area contributed by atoms with E-state index < -0.39 is 5.82 Å². The summed E-state index contributed by atoms with van der Waals surface area (Å²) >= 11 is 0. The number of amides is 1. The Balaban J connectivity index is 0.00000220. The summed E-state index contributed by atoms with van der Waals surface area (Å²) < 4.78 is 18.2. The first-order valence-electron chi connectivity index (χ1n) is 6.95. The van der Waals surface area contributed by atoms with Crippen LogP contribution in [0.5, 0.6) is 5.75 Å². The van der Waals surface area contributed by atoms with E-state index in [1.165, 1.54) is 31.7 Å². The Hall–Kier alpha value is -1.33. The Morgan fingerprint density at radius 3 is 2.67 bits per heavy atom. The monoisotopic (exact) mass is 316 g/mol.